The van der Waals surface area contributed by atoms with Crippen LogP contribution >= 0.6 is 0 Å². The highest BCUT2D eigenvalue weighted by Crippen LogP contribution is 2.37. The highest BCUT2D eigenvalue weighted by molar-refractivity contribution is 5.94. The second kappa shape index (κ2) is 10.1. The summed E-state index contributed by atoms with van der Waals surface area (Å²) in [7, 11) is 0. The van der Waals surface area contributed by atoms with Crippen LogP contribution in [0.25, 0.3) is 16.7 Å². The van der Waals surface area contributed by atoms with Crippen LogP contribution in [0.2, 0.25) is 0 Å². The highest BCUT2D eigenvalue weighted by Gasteiger charge is 2.30. The van der Waals surface area contributed by atoms with Gasteiger partial charge in [-0.25, -0.2) is 14.2 Å². The molecule has 3 aromatic heterocycles. The summed E-state index contributed by atoms with van der Waals surface area (Å²) in [5, 5.41) is 31.5. The third-order valence-electron chi connectivity index (χ3n) is 7.17. The maximum atomic E-state index is 15.2. The Morgan fingerprint density at radius 1 is 1.12 bits per heavy atom. The average Bonchev–Trinajstić information content (AvgIpc) is 3.68. The van der Waals surface area contributed by atoms with Crippen molar-refractivity contribution in [3.05, 3.63) is 74.1 Å². The molecule has 1 aliphatic carbocycles. The first-order valence-electron chi connectivity index (χ1n) is 12.7. The summed E-state index contributed by atoms with van der Waals surface area (Å²) in [6, 6.07) is 6.53. The number of hydrogen-bond donors (Lipinski definition) is 1. The van der Waals surface area contributed by atoms with Crippen molar-refractivity contribution >= 4 is 34.3 Å². The minimum atomic E-state index is -1.37. The van der Waals surface area contributed by atoms with Crippen LogP contribution in [0.4, 0.5) is 15.9 Å². The molecule has 0 spiro atoms. The van der Waals surface area contributed by atoms with Gasteiger partial charge in [-0.05, 0) is 41.5 Å². The van der Waals surface area contributed by atoms with Gasteiger partial charge in [0.1, 0.15) is 11.2 Å². The number of benzene rings is 1. The van der Waals surface area contributed by atoms with Gasteiger partial charge in [-0.1, -0.05) is 0 Å². The number of nitro benzene ring substituents is 1. The topological polar surface area (TPSA) is 182 Å². The first-order chi connectivity index (χ1) is 19.7. The van der Waals surface area contributed by atoms with E-state index >= 15 is 4.39 Å². The van der Waals surface area contributed by atoms with Gasteiger partial charge in [0.15, 0.2) is 11.6 Å². The van der Waals surface area contributed by atoms with E-state index in [1.165, 1.54) is 35.1 Å². The summed E-state index contributed by atoms with van der Waals surface area (Å²) in [6.07, 6.45) is 2.91. The van der Waals surface area contributed by atoms with Gasteiger partial charge in [0.25, 0.3) is 5.69 Å². The van der Waals surface area contributed by atoms with Crippen molar-refractivity contribution in [3.8, 4) is 5.69 Å². The molecular weight excluding hydrogens is 541 g/mol. The Morgan fingerprint density at radius 3 is 2.46 bits per heavy atom. The van der Waals surface area contributed by atoms with Crippen molar-refractivity contribution in [2.45, 2.75) is 18.9 Å². The summed E-state index contributed by atoms with van der Waals surface area (Å²) in [4.78, 5) is 55.8. The van der Waals surface area contributed by atoms with E-state index in [1.807, 2.05) is 4.90 Å². The Kier molecular flexibility index (Phi) is 6.45. The predicted octanol–water partition coefficient (Wildman–Crippen LogP) is 1.46. The lowest BCUT2D eigenvalue weighted by atomic mass is 10.1. The Balaban J connectivity index is 1.17. The molecule has 210 valence electrons. The number of piperazine rings is 1. The van der Waals surface area contributed by atoms with Crippen LogP contribution in [0.3, 0.4) is 0 Å². The van der Waals surface area contributed by atoms with Crippen LogP contribution < -0.4 is 10.3 Å². The third-order valence-corrected chi connectivity index (χ3v) is 7.17. The fourth-order valence-electron chi connectivity index (χ4n) is 4.88. The van der Waals surface area contributed by atoms with Gasteiger partial charge in [0.05, 0.1) is 22.5 Å². The molecule has 2 aliphatic rings. The number of halogens is 1. The van der Waals surface area contributed by atoms with Crippen LogP contribution in [0, 0.1) is 15.9 Å². The van der Waals surface area contributed by atoms with Gasteiger partial charge in [-0.3, -0.25) is 24.6 Å². The summed E-state index contributed by atoms with van der Waals surface area (Å²) in [6.45, 7) is 1.48. The van der Waals surface area contributed by atoms with E-state index in [-0.39, 0.29) is 46.7 Å². The fourth-order valence-corrected chi connectivity index (χ4v) is 4.88. The normalized spacial score (nSPS) is 15.8. The minimum absolute atomic E-state index is 0.00594. The number of rotatable bonds is 8. The Hall–Kier alpha value is -5.12. The van der Waals surface area contributed by atoms with Gasteiger partial charge in [-0.2, -0.15) is 4.68 Å². The standard InChI is InChI=1S/C25H22FN9O6/c26-19-11-17-21(37)18(25(38)39)12-33(14-1-2-14)22(17)27-23(19)32-9-7-31(8-10-32)13-20(36)24-28-29-30-34(24)15-3-5-16(6-4-15)35(40)41/h3-6,11-12,14H,1-2,7-10,13H2,(H,38,39). The lowest BCUT2D eigenvalue weighted by molar-refractivity contribution is -0.384. The van der Waals surface area contributed by atoms with Crippen LogP contribution in [-0.2, 0) is 0 Å². The van der Waals surface area contributed by atoms with E-state index < -0.39 is 27.7 Å². The van der Waals surface area contributed by atoms with Crippen LogP contribution in [0.15, 0.2) is 41.3 Å². The number of fused-ring (bicyclic) bond motifs is 1. The van der Waals surface area contributed by atoms with Gasteiger partial charge in [-0.15, -0.1) is 5.10 Å². The first kappa shape index (κ1) is 26.1. The number of pyridine rings is 2. The summed E-state index contributed by atoms with van der Waals surface area (Å²) in [5.74, 6) is -2.43. The van der Waals surface area contributed by atoms with E-state index in [2.05, 4.69) is 20.5 Å². The van der Waals surface area contributed by atoms with E-state index in [4.69, 9.17) is 0 Å². The molecule has 1 aromatic carbocycles. The van der Waals surface area contributed by atoms with E-state index in [0.29, 0.717) is 31.9 Å². The van der Waals surface area contributed by atoms with Crippen molar-refractivity contribution in [3.63, 3.8) is 0 Å². The summed E-state index contributed by atoms with van der Waals surface area (Å²) >= 11 is 0. The number of hydrogen-bond acceptors (Lipinski definition) is 11. The largest absolute Gasteiger partial charge is 0.477 e. The first-order valence-corrected chi connectivity index (χ1v) is 12.7. The molecule has 1 saturated carbocycles. The maximum absolute atomic E-state index is 15.2. The Bertz CT molecular complexity index is 1760. The van der Waals surface area contributed by atoms with Crippen molar-refractivity contribution in [1.82, 2.24) is 34.7 Å². The number of aromatic nitrogens is 6. The summed E-state index contributed by atoms with van der Waals surface area (Å²) < 4.78 is 18.1. The van der Waals surface area contributed by atoms with Gasteiger partial charge in [0, 0.05) is 50.6 Å². The van der Waals surface area contributed by atoms with Crippen molar-refractivity contribution in [2.75, 3.05) is 37.6 Å². The van der Waals surface area contributed by atoms with Crippen LogP contribution in [0.5, 0.6) is 0 Å². The number of carboxylic acids is 1. The Morgan fingerprint density at radius 2 is 1.83 bits per heavy atom. The number of Topliss-reactive ketones (excluding diaryl/α,β-unsaturated/α-hetero) is 1. The molecule has 16 heteroatoms. The lowest BCUT2D eigenvalue weighted by Gasteiger charge is -2.35. The molecule has 1 N–H and O–H groups in total. The SMILES string of the molecule is O=C(O)c1cn(C2CC2)c2nc(N3CCN(CC(=O)c4nnnn4-c4ccc([N+](=O)[O-])cc4)CC3)c(F)cc2c1=O. The molecule has 15 nitrogen and oxygen atoms in total. The van der Waals surface area contributed by atoms with Gasteiger partial charge >= 0.3 is 5.97 Å². The average molecular weight is 564 g/mol. The predicted molar refractivity (Wildman–Crippen MR) is 140 cm³/mol. The number of nitro groups is 1. The zero-order valence-electron chi connectivity index (χ0n) is 21.4. The second-order valence-corrected chi connectivity index (χ2v) is 9.85. The molecule has 1 aliphatic heterocycles. The number of carbonyl (C=O) groups is 2. The zero-order valence-corrected chi connectivity index (χ0v) is 21.4. The molecule has 0 bridgehead atoms. The molecule has 0 unspecified atom stereocenters. The van der Waals surface area contributed by atoms with Gasteiger partial charge in [0.2, 0.25) is 17.0 Å². The monoisotopic (exact) mass is 563 g/mol. The van der Waals surface area contributed by atoms with Crippen molar-refractivity contribution in [2.24, 2.45) is 0 Å². The zero-order chi connectivity index (χ0) is 28.8. The summed E-state index contributed by atoms with van der Waals surface area (Å²) in [5.41, 5.74) is -0.662. The molecule has 41 heavy (non-hydrogen) atoms. The fraction of sp³-hybridized carbons (Fsp3) is 0.320. The number of aromatic carboxylic acids is 1. The smallest absolute Gasteiger partial charge is 0.341 e. The van der Waals surface area contributed by atoms with Crippen LogP contribution in [-0.4, -0.2) is 89.2 Å². The third kappa shape index (κ3) is 4.88. The number of tetrazole rings is 1. The molecule has 0 radical (unpaired) electrons. The molecule has 0 atom stereocenters. The van der Waals surface area contributed by atoms with E-state index in [9.17, 15) is 29.6 Å². The number of anilines is 1. The number of carboxylic acid groups (broad SMARTS) is 1. The van der Waals surface area contributed by atoms with Crippen molar-refractivity contribution in [1.29, 1.82) is 0 Å². The van der Waals surface area contributed by atoms with E-state index in [0.717, 1.165) is 18.9 Å². The molecule has 4 aromatic rings. The van der Waals surface area contributed by atoms with Crippen LogP contribution in [0.1, 0.15) is 39.9 Å². The number of ketones is 1. The maximum Gasteiger partial charge on any atom is 0.341 e. The lowest BCUT2D eigenvalue weighted by Crippen LogP contribution is -2.48. The highest BCUT2D eigenvalue weighted by atomic mass is 19.1. The van der Waals surface area contributed by atoms with E-state index in [1.54, 1.807) is 9.47 Å². The number of carbonyl (C=O) groups excluding carboxylic acids is 1. The Labute approximate surface area is 229 Å². The molecule has 1 saturated heterocycles. The molecule has 4 heterocycles. The molecule has 0 amide bonds. The van der Waals surface area contributed by atoms with Crippen molar-refractivity contribution < 1.29 is 24.0 Å². The number of non-ortho nitro benzene ring substituents is 1. The minimum Gasteiger partial charge on any atom is -0.477 e. The molecule has 6 rings (SSSR count). The second-order valence-electron chi connectivity index (χ2n) is 9.85. The number of nitrogens with zero attached hydrogens (tertiary/aromatic N) is 9. The molecular formula is C25H22FN9O6. The van der Waals surface area contributed by atoms with Gasteiger partial charge < -0.3 is 14.6 Å². The molecule has 2 fully saturated rings. The quantitative estimate of drug-likeness (QED) is 0.185.